The van der Waals surface area contributed by atoms with E-state index in [4.69, 9.17) is 0 Å². The maximum atomic E-state index is 10.7. The summed E-state index contributed by atoms with van der Waals surface area (Å²) < 4.78 is 0. The van der Waals surface area contributed by atoms with Gasteiger partial charge < -0.3 is 20.8 Å². The van der Waals surface area contributed by atoms with Crippen LogP contribution in [0.4, 0.5) is 5.69 Å². The third-order valence-electron chi connectivity index (χ3n) is 4.92. The minimum atomic E-state index is -1.15. The van der Waals surface area contributed by atoms with Crippen molar-refractivity contribution >= 4 is 11.7 Å². The Labute approximate surface area is 132 Å². The summed E-state index contributed by atoms with van der Waals surface area (Å²) in [7, 11) is 0. The number of hydrogen-bond donors (Lipinski definition) is 2. The summed E-state index contributed by atoms with van der Waals surface area (Å²) in [5.41, 5.74) is 8.96. The SMILES string of the molecule is CCC(C)(C)[C@H]1CC=C(NNc2ccc(C(=O)[O-])cc2)CC1. The van der Waals surface area contributed by atoms with E-state index in [1.165, 1.54) is 30.7 Å². The Balaban J connectivity index is 1.86. The van der Waals surface area contributed by atoms with E-state index in [1.54, 1.807) is 12.1 Å². The molecule has 2 rings (SSSR count). The number of carboxylic acids is 1. The van der Waals surface area contributed by atoms with Crippen molar-refractivity contribution in [2.45, 2.75) is 46.5 Å². The molecule has 120 valence electrons. The number of anilines is 1. The zero-order valence-electron chi connectivity index (χ0n) is 13.6. The average molecular weight is 301 g/mol. The third kappa shape index (κ3) is 4.03. The summed E-state index contributed by atoms with van der Waals surface area (Å²) in [5.74, 6) is -0.413. The molecular formula is C18H25N2O2-. The smallest absolute Gasteiger partial charge is 0.0715 e. The van der Waals surface area contributed by atoms with Gasteiger partial charge in [-0.3, -0.25) is 0 Å². The molecule has 0 aromatic heterocycles. The fourth-order valence-electron chi connectivity index (χ4n) is 2.79. The number of hydrogen-bond acceptors (Lipinski definition) is 4. The third-order valence-corrected chi connectivity index (χ3v) is 4.92. The Morgan fingerprint density at radius 3 is 2.45 bits per heavy atom. The number of allylic oxidation sites excluding steroid dienone is 2. The number of aromatic carboxylic acids is 1. The molecule has 0 spiro atoms. The van der Waals surface area contributed by atoms with Crippen molar-refractivity contribution in [1.82, 2.24) is 5.43 Å². The van der Waals surface area contributed by atoms with Gasteiger partial charge in [-0.1, -0.05) is 45.4 Å². The van der Waals surface area contributed by atoms with Crippen LogP contribution in [0.5, 0.6) is 0 Å². The summed E-state index contributed by atoms with van der Waals surface area (Å²) in [6, 6.07) is 6.53. The Hall–Kier alpha value is -1.97. The van der Waals surface area contributed by atoms with Gasteiger partial charge in [-0.15, -0.1) is 0 Å². The Morgan fingerprint density at radius 2 is 1.95 bits per heavy atom. The lowest BCUT2D eigenvalue weighted by molar-refractivity contribution is -0.255. The normalized spacial score (nSPS) is 18.5. The molecule has 0 radical (unpaired) electrons. The first kappa shape index (κ1) is 16.4. The van der Waals surface area contributed by atoms with Gasteiger partial charge in [0.2, 0.25) is 0 Å². The van der Waals surface area contributed by atoms with E-state index in [0.29, 0.717) is 5.41 Å². The molecule has 0 fully saturated rings. The molecule has 1 atom stereocenters. The summed E-state index contributed by atoms with van der Waals surface area (Å²) in [4.78, 5) is 10.7. The molecule has 0 saturated heterocycles. The highest BCUT2D eigenvalue weighted by Crippen LogP contribution is 2.39. The van der Waals surface area contributed by atoms with Crippen LogP contribution in [0.25, 0.3) is 0 Å². The lowest BCUT2D eigenvalue weighted by Gasteiger charge is -2.35. The zero-order valence-corrected chi connectivity index (χ0v) is 13.6. The number of benzene rings is 1. The molecule has 0 bridgehead atoms. The van der Waals surface area contributed by atoms with Crippen molar-refractivity contribution in [3.8, 4) is 0 Å². The fraction of sp³-hybridized carbons (Fsp3) is 0.500. The van der Waals surface area contributed by atoms with Gasteiger partial charge in [-0.2, -0.15) is 0 Å². The van der Waals surface area contributed by atoms with Crippen LogP contribution in [0, 0.1) is 11.3 Å². The first-order valence-corrected chi connectivity index (χ1v) is 7.95. The molecule has 4 nitrogen and oxygen atoms in total. The molecule has 2 N–H and O–H groups in total. The highest BCUT2D eigenvalue weighted by molar-refractivity contribution is 5.86. The monoisotopic (exact) mass is 301 g/mol. The van der Waals surface area contributed by atoms with Gasteiger partial charge in [0.25, 0.3) is 0 Å². The van der Waals surface area contributed by atoms with Crippen LogP contribution in [-0.4, -0.2) is 5.97 Å². The molecule has 1 aromatic rings. The van der Waals surface area contributed by atoms with Crippen LogP contribution >= 0.6 is 0 Å². The molecule has 1 aromatic carbocycles. The lowest BCUT2D eigenvalue weighted by Crippen LogP contribution is -2.29. The first-order valence-electron chi connectivity index (χ1n) is 7.95. The van der Waals surface area contributed by atoms with Gasteiger partial charge in [0, 0.05) is 5.70 Å². The van der Waals surface area contributed by atoms with Crippen LogP contribution in [0.15, 0.2) is 36.0 Å². The molecule has 0 saturated carbocycles. The van der Waals surface area contributed by atoms with Gasteiger partial charge in [-0.25, -0.2) is 0 Å². The van der Waals surface area contributed by atoms with Crippen LogP contribution < -0.4 is 16.0 Å². The quantitative estimate of drug-likeness (QED) is 0.793. The first-order chi connectivity index (χ1) is 10.4. The van der Waals surface area contributed by atoms with Crippen LogP contribution in [0.3, 0.4) is 0 Å². The molecule has 0 heterocycles. The fourth-order valence-corrected chi connectivity index (χ4v) is 2.79. The van der Waals surface area contributed by atoms with Crippen molar-refractivity contribution < 1.29 is 9.90 Å². The number of hydrazine groups is 1. The van der Waals surface area contributed by atoms with Gasteiger partial charge in [0.15, 0.2) is 0 Å². The van der Waals surface area contributed by atoms with Crippen molar-refractivity contribution in [2.24, 2.45) is 11.3 Å². The van der Waals surface area contributed by atoms with E-state index in [1.807, 2.05) is 0 Å². The van der Waals surface area contributed by atoms with Crippen molar-refractivity contribution in [3.05, 3.63) is 41.6 Å². The highest BCUT2D eigenvalue weighted by Gasteiger charge is 2.28. The summed E-state index contributed by atoms with van der Waals surface area (Å²) in [6.07, 6.45) is 6.82. The molecule has 1 aliphatic rings. The van der Waals surface area contributed by atoms with Crippen molar-refractivity contribution in [3.63, 3.8) is 0 Å². The summed E-state index contributed by atoms with van der Waals surface area (Å²) in [6.45, 7) is 6.96. The van der Waals surface area contributed by atoms with Gasteiger partial charge >= 0.3 is 0 Å². The summed E-state index contributed by atoms with van der Waals surface area (Å²) in [5, 5.41) is 10.7. The highest BCUT2D eigenvalue weighted by atomic mass is 16.4. The van der Waals surface area contributed by atoms with E-state index in [9.17, 15) is 9.90 Å². The number of carbonyl (C=O) groups excluding carboxylic acids is 1. The largest absolute Gasteiger partial charge is 0.545 e. The van der Waals surface area contributed by atoms with Crippen LogP contribution in [-0.2, 0) is 0 Å². The van der Waals surface area contributed by atoms with Gasteiger partial charge in [0.1, 0.15) is 0 Å². The molecule has 0 amide bonds. The minimum Gasteiger partial charge on any atom is -0.545 e. The molecular weight excluding hydrogens is 276 g/mol. The molecule has 1 aliphatic carbocycles. The topological polar surface area (TPSA) is 64.2 Å². The minimum absolute atomic E-state index is 0.187. The Morgan fingerprint density at radius 1 is 1.27 bits per heavy atom. The Bertz CT molecular complexity index is 547. The van der Waals surface area contributed by atoms with Crippen molar-refractivity contribution in [2.75, 3.05) is 5.43 Å². The van der Waals surface area contributed by atoms with Crippen LogP contribution in [0.2, 0.25) is 0 Å². The summed E-state index contributed by atoms with van der Waals surface area (Å²) >= 11 is 0. The van der Waals surface area contributed by atoms with E-state index < -0.39 is 5.97 Å². The zero-order chi connectivity index (χ0) is 16.2. The molecule has 0 unspecified atom stereocenters. The predicted octanol–water partition coefficient (Wildman–Crippen LogP) is 3.09. The second-order valence-electron chi connectivity index (χ2n) is 6.66. The standard InChI is InChI=1S/C18H26N2O2/c1-4-18(2,3)14-7-11-16(12-8-14)20-19-15-9-5-13(6-10-15)17(21)22/h5-6,9-11,14,19-20H,4,7-8,12H2,1-3H3,(H,21,22)/p-1/t14-/m0/s1. The number of rotatable bonds is 6. The van der Waals surface area contributed by atoms with E-state index in [0.717, 1.165) is 24.4 Å². The number of carbonyl (C=O) groups is 1. The second-order valence-corrected chi connectivity index (χ2v) is 6.66. The average Bonchev–Trinajstić information content (AvgIpc) is 2.53. The van der Waals surface area contributed by atoms with Gasteiger partial charge in [0.05, 0.1) is 11.7 Å². The van der Waals surface area contributed by atoms with E-state index in [2.05, 4.69) is 37.7 Å². The predicted molar refractivity (Wildman–Crippen MR) is 87.0 cm³/mol. The molecule has 22 heavy (non-hydrogen) atoms. The van der Waals surface area contributed by atoms with Gasteiger partial charge in [-0.05, 0) is 48.3 Å². The number of nitrogens with one attached hydrogen (secondary N) is 2. The Kier molecular flexibility index (Phi) is 5.11. The maximum absolute atomic E-state index is 10.7. The van der Waals surface area contributed by atoms with Crippen LogP contribution in [0.1, 0.15) is 56.8 Å². The maximum Gasteiger partial charge on any atom is 0.0715 e. The van der Waals surface area contributed by atoms with Crippen molar-refractivity contribution in [1.29, 1.82) is 0 Å². The lowest BCUT2D eigenvalue weighted by atomic mass is 9.71. The molecule has 4 heteroatoms. The molecule has 0 aliphatic heterocycles. The second kappa shape index (κ2) is 6.86. The van der Waals surface area contributed by atoms with E-state index >= 15 is 0 Å². The van der Waals surface area contributed by atoms with E-state index in [-0.39, 0.29) is 5.56 Å². The number of carboxylic acid groups (broad SMARTS) is 1.